The Balaban J connectivity index is 2.87. The van der Waals surface area contributed by atoms with Crippen molar-refractivity contribution in [1.82, 2.24) is 5.32 Å². The fraction of sp³-hybridized carbons (Fsp3) is 0.733. The van der Waals surface area contributed by atoms with Crippen LogP contribution in [0.1, 0.15) is 71.9 Å². The topological polar surface area (TPSA) is 157 Å². The van der Waals surface area contributed by atoms with Gasteiger partial charge in [-0.05, 0) is 62.5 Å². The van der Waals surface area contributed by atoms with Crippen LogP contribution in [0.15, 0.2) is 18.2 Å². The molecule has 9 heteroatoms. The van der Waals surface area contributed by atoms with Crippen LogP contribution in [0, 0.1) is 29.1 Å². The van der Waals surface area contributed by atoms with E-state index < -0.39 is 29.4 Å². The number of methoxy groups -OCH3 is 1. The Hall–Kier alpha value is -2.20. The van der Waals surface area contributed by atoms with Crippen LogP contribution >= 0.6 is 0 Å². The number of primary amides is 1. The highest BCUT2D eigenvalue weighted by molar-refractivity contribution is 5.83. The molecule has 0 aliphatic heterocycles. The Morgan fingerprint density at radius 2 is 1.74 bits per heavy atom. The number of hydrogen-bond acceptors (Lipinski definition) is 7. The minimum absolute atomic E-state index is 0.0169. The number of carbonyl (C=O) groups is 2. The van der Waals surface area contributed by atoms with Gasteiger partial charge in [-0.3, -0.25) is 9.59 Å². The lowest BCUT2D eigenvalue weighted by Crippen LogP contribution is -2.46. The van der Waals surface area contributed by atoms with Crippen molar-refractivity contribution in [1.29, 1.82) is 0 Å². The first-order chi connectivity index (χ1) is 18.2. The van der Waals surface area contributed by atoms with Crippen molar-refractivity contribution in [2.45, 2.75) is 86.0 Å². The predicted molar refractivity (Wildman–Crippen MR) is 154 cm³/mol. The van der Waals surface area contributed by atoms with E-state index in [4.69, 9.17) is 20.9 Å². The first-order valence-electron chi connectivity index (χ1n) is 14.1. The molecule has 0 radical (unpaired) electrons. The Morgan fingerprint density at radius 3 is 2.28 bits per heavy atom. The average Bonchev–Trinajstić information content (AvgIpc) is 2.87. The molecule has 0 aliphatic carbocycles. The number of benzene rings is 1. The van der Waals surface area contributed by atoms with Crippen LogP contribution < -0.4 is 21.5 Å². The molecule has 9 nitrogen and oxygen atoms in total. The maximum Gasteiger partial charge on any atom is 0.224 e. The highest BCUT2D eigenvalue weighted by atomic mass is 16.5. The normalized spacial score (nSPS) is 15.2. The SMILES string of the molecule is COCCCOc1cc(C[C@@H](C[C@H](N)[C@@H](O)C[C@H](C(=O)NCC(C)(C)C(N)=O)C(C)C)C(C)C)ccc1CO. The highest BCUT2D eigenvalue weighted by Crippen LogP contribution is 2.28. The van der Waals surface area contributed by atoms with Gasteiger partial charge in [-0.2, -0.15) is 0 Å². The second kappa shape index (κ2) is 16.8. The van der Waals surface area contributed by atoms with Crippen molar-refractivity contribution in [3.05, 3.63) is 29.3 Å². The molecule has 0 saturated carbocycles. The second-order valence-electron chi connectivity index (χ2n) is 12.0. The van der Waals surface area contributed by atoms with Crippen LogP contribution in [0.5, 0.6) is 5.75 Å². The van der Waals surface area contributed by atoms with Gasteiger partial charge in [0.15, 0.2) is 0 Å². The first-order valence-corrected chi connectivity index (χ1v) is 14.1. The molecule has 0 aliphatic rings. The molecule has 0 spiro atoms. The van der Waals surface area contributed by atoms with Crippen LogP contribution in [-0.2, 0) is 27.4 Å². The Labute approximate surface area is 235 Å². The van der Waals surface area contributed by atoms with Crippen molar-refractivity contribution in [2.24, 2.45) is 40.6 Å². The summed E-state index contributed by atoms with van der Waals surface area (Å²) in [5, 5.41) is 23.6. The van der Waals surface area contributed by atoms with E-state index in [9.17, 15) is 19.8 Å². The Bertz CT molecular complexity index is 889. The van der Waals surface area contributed by atoms with Crippen LogP contribution in [0.25, 0.3) is 0 Å². The lowest BCUT2D eigenvalue weighted by molar-refractivity contribution is -0.130. The number of rotatable bonds is 19. The minimum atomic E-state index is -0.860. The molecule has 0 fully saturated rings. The highest BCUT2D eigenvalue weighted by Gasteiger charge is 2.32. The molecule has 2 amide bonds. The molecule has 0 unspecified atom stereocenters. The summed E-state index contributed by atoms with van der Waals surface area (Å²) in [6.07, 6.45) is 1.47. The summed E-state index contributed by atoms with van der Waals surface area (Å²) in [5.41, 5.74) is 12.9. The smallest absolute Gasteiger partial charge is 0.224 e. The largest absolute Gasteiger partial charge is 0.493 e. The number of carbonyl (C=O) groups excluding carboxylic acids is 2. The van der Waals surface area contributed by atoms with Gasteiger partial charge >= 0.3 is 0 Å². The van der Waals surface area contributed by atoms with Crippen LogP contribution in [0.2, 0.25) is 0 Å². The number of amides is 2. The van der Waals surface area contributed by atoms with Gasteiger partial charge in [0.2, 0.25) is 11.8 Å². The molecular formula is C30H53N3O6. The number of hydrogen-bond donors (Lipinski definition) is 5. The van der Waals surface area contributed by atoms with E-state index in [1.54, 1.807) is 21.0 Å². The van der Waals surface area contributed by atoms with Gasteiger partial charge in [0, 0.05) is 44.2 Å². The third-order valence-corrected chi connectivity index (χ3v) is 7.57. The Morgan fingerprint density at radius 1 is 1.08 bits per heavy atom. The monoisotopic (exact) mass is 551 g/mol. The molecule has 0 saturated heterocycles. The molecule has 7 N–H and O–H groups in total. The summed E-state index contributed by atoms with van der Waals surface area (Å²) in [6, 6.07) is 5.35. The van der Waals surface area contributed by atoms with E-state index in [1.807, 2.05) is 32.0 Å². The van der Waals surface area contributed by atoms with Gasteiger partial charge in [-0.1, -0.05) is 39.8 Å². The Kier molecular flexibility index (Phi) is 15.0. The first kappa shape index (κ1) is 34.8. The molecule has 1 aromatic carbocycles. The van der Waals surface area contributed by atoms with E-state index in [-0.39, 0.29) is 37.3 Å². The van der Waals surface area contributed by atoms with Crippen LogP contribution in [0.3, 0.4) is 0 Å². The molecule has 1 rings (SSSR count). The van der Waals surface area contributed by atoms with E-state index >= 15 is 0 Å². The minimum Gasteiger partial charge on any atom is -0.493 e. The van der Waals surface area contributed by atoms with Gasteiger partial charge < -0.3 is 36.5 Å². The predicted octanol–water partition coefficient (Wildman–Crippen LogP) is 2.78. The zero-order chi connectivity index (χ0) is 29.8. The molecule has 0 bridgehead atoms. The number of aliphatic hydroxyl groups excluding tert-OH is 2. The van der Waals surface area contributed by atoms with Crippen molar-refractivity contribution in [2.75, 3.05) is 26.9 Å². The summed E-state index contributed by atoms with van der Waals surface area (Å²) in [6.45, 7) is 12.7. The van der Waals surface area contributed by atoms with E-state index in [0.29, 0.717) is 31.3 Å². The van der Waals surface area contributed by atoms with Crippen molar-refractivity contribution in [3.63, 3.8) is 0 Å². The maximum absolute atomic E-state index is 12.9. The molecule has 4 atom stereocenters. The van der Waals surface area contributed by atoms with Crippen LogP contribution in [-0.4, -0.2) is 61.0 Å². The number of nitrogens with two attached hydrogens (primary N) is 2. The molecule has 224 valence electrons. The molecule has 1 aromatic rings. The van der Waals surface area contributed by atoms with E-state index in [1.165, 1.54) is 0 Å². The zero-order valence-electron chi connectivity index (χ0n) is 25.0. The molecule has 39 heavy (non-hydrogen) atoms. The third-order valence-electron chi connectivity index (χ3n) is 7.57. The lowest BCUT2D eigenvalue weighted by Gasteiger charge is -2.30. The van der Waals surface area contributed by atoms with Gasteiger partial charge in [0.1, 0.15) is 5.75 Å². The lowest BCUT2D eigenvalue weighted by atomic mass is 9.80. The van der Waals surface area contributed by atoms with Gasteiger partial charge in [0.25, 0.3) is 0 Å². The number of ether oxygens (including phenoxy) is 2. The van der Waals surface area contributed by atoms with Gasteiger partial charge in [-0.15, -0.1) is 0 Å². The number of nitrogens with one attached hydrogen (secondary N) is 1. The molecule has 0 heterocycles. The van der Waals surface area contributed by atoms with Crippen molar-refractivity contribution in [3.8, 4) is 5.75 Å². The fourth-order valence-corrected chi connectivity index (χ4v) is 4.42. The third kappa shape index (κ3) is 11.8. The fourth-order valence-electron chi connectivity index (χ4n) is 4.42. The maximum atomic E-state index is 12.9. The quantitative estimate of drug-likeness (QED) is 0.165. The van der Waals surface area contributed by atoms with Crippen LogP contribution in [0.4, 0.5) is 0 Å². The summed E-state index contributed by atoms with van der Waals surface area (Å²) in [5.74, 6) is 0.0104. The summed E-state index contributed by atoms with van der Waals surface area (Å²) >= 11 is 0. The molecule has 0 aromatic heterocycles. The number of aliphatic hydroxyl groups is 2. The standard InChI is InChI=1S/C30H53N3O6/c1-19(2)23(13-21-9-10-22(17-34)27(14-21)39-12-8-11-38-7)15-25(31)26(35)16-24(20(3)4)28(36)33-18-30(5,6)29(32)37/h9-10,14,19-20,23-26,34-35H,8,11-13,15-18,31H2,1-7H3,(H2,32,37)(H,33,36)/t23-,24-,25-,26-/m0/s1. The van der Waals surface area contributed by atoms with Gasteiger partial charge in [0.05, 0.1) is 24.7 Å². The van der Waals surface area contributed by atoms with E-state index in [0.717, 1.165) is 24.0 Å². The summed E-state index contributed by atoms with van der Waals surface area (Å²) in [4.78, 5) is 24.5. The zero-order valence-corrected chi connectivity index (χ0v) is 25.0. The average molecular weight is 552 g/mol. The molecular weight excluding hydrogens is 498 g/mol. The van der Waals surface area contributed by atoms with Gasteiger partial charge in [-0.25, -0.2) is 0 Å². The summed E-state index contributed by atoms with van der Waals surface area (Å²) < 4.78 is 11.0. The van der Waals surface area contributed by atoms with E-state index in [2.05, 4.69) is 19.2 Å². The second-order valence-corrected chi connectivity index (χ2v) is 12.0. The van der Waals surface area contributed by atoms with Crippen molar-refractivity contribution < 1.29 is 29.3 Å². The van der Waals surface area contributed by atoms with Crippen molar-refractivity contribution >= 4 is 11.8 Å². The summed E-state index contributed by atoms with van der Waals surface area (Å²) in [7, 11) is 1.65.